The summed E-state index contributed by atoms with van der Waals surface area (Å²) in [5.41, 5.74) is -0.488. The Morgan fingerprint density at radius 2 is 1.57 bits per heavy atom. The molecule has 1 aliphatic heterocycles. The summed E-state index contributed by atoms with van der Waals surface area (Å²) in [5, 5.41) is 74.1. The van der Waals surface area contributed by atoms with E-state index in [2.05, 4.69) is 34.6 Å². The summed E-state index contributed by atoms with van der Waals surface area (Å²) in [7, 11) is 0. The minimum Gasteiger partial charge on any atom is -0.394 e. The zero-order chi connectivity index (χ0) is 32.5. The second kappa shape index (κ2) is 12.7. The van der Waals surface area contributed by atoms with E-state index in [9.17, 15) is 40.5 Å². The molecule has 254 valence electrons. The van der Waals surface area contributed by atoms with Crippen molar-refractivity contribution in [2.75, 3.05) is 6.61 Å². The Labute approximate surface area is 262 Å². The van der Waals surface area contributed by atoms with Gasteiger partial charge in [-0.1, -0.05) is 41.5 Å². The number of rotatable bonds is 8. The second-order valence-electron chi connectivity index (χ2n) is 16.2. The largest absolute Gasteiger partial charge is 0.394 e. The molecule has 0 aromatic carbocycles. The van der Waals surface area contributed by atoms with Gasteiger partial charge in [0.2, 0.25) is 0 Å². The summed E-state index contributed by atoms with van der Waals surface area (Å²) in [5.74, 6) is 1.04. The molecule has 0 radical (unpaired) electrons. The van der Waals surface area contributed by atoms with Crippen LogP contribution in [0.2, 0.25) is 0 Å². The third kappa shape index (κ3) is 5.62. The van der Waals surface area contributed by atoms with Crippen molar-refractivity contribution in [1.29, 1.82) is 0 Å². The van der Waals surface area contributed by atoms with E-state index in [0.29, 0.717) is 18.8 Å². The van der Waals surface area contributed by atoms with E-state index >= 15 is 0 Å². The standard InChI is InChI=1S/C34H58O10/c1-15(2)16(3)27(38)28(39)17(4)19-7-8-20-18-11-23(36)22-12-24(37)25(13-34(22,6)21(18)9-10-33(19,20)5)43-32-31(42)30(41)29(40)26(14-35)44-32/h15-22,24-32,35,37-42H,7-14H2,1-6H3/t16-,17-,18-,19+,20-,21-,22+,24-,25+,26+,27+,28+,29+,30-,31+,32+,33+,34+/m0/s1. The molecule has 0 spiro atoms. The van der Waals surface area contributed by atoms with Crippen molar-refractivity contribution < 1.29 is 50.0 Å². The first kappa shape index (κ1) is 34.6. The van der Waals surface area contributed by atoms with E-state index in [-0.39, 0.29) is 59.0 Å². The van der Waals surface area contributed by atoms with Gasteiger partial charge < -0.3 is 45.2 Å². The fraction of sp³-hybridized carbons (Fsp3) is 0.971. The normalized spacial score (nSPS) is 50.4. The Bertz CT molecular complexity index is 1020. The number of hydrogen-bond donors (Lipinski definition) is 7. The van der Waals surface area contributed by atoms with Gasteiger partial charge in [-0.3, -0.25) is 4.79 Å². The molecule has 7 N–H and O–H groups in total. The Morgan fingerprint density at radius 3 is 2.20 bits per heavy atom. The lowest BCUT2D eigenvalue weighted by atomic mass is 9.43. The number of carbonyl (C=O) groups excluding carboxylic acids is 1. The lowest BCUT2D eigenvalue weighted by Crippen LogP contribution is -2.63. The zero-order valence-electron chi connectivity index (χ0n) is 27.3. The van der Waals surface area contributed by atoms with Crippen LogP contribution in [-0.2, 0) is 14.3 Å². The molecule has 0 amide bonds. The van der Waals surface area contributed by atoms with Crippen LogP contribution >= 0.6 is 0 Å². The van der Waals surface area contributed by atoms with Crippen LogP contribution in [-0.4, -0.2) is 103 Å². The monoisotopic (exact) mass is 626 g/mol. The van der Waals surface area contributed by atoms with Crippen molar-refractivity contribution in [1.82, 2.24) is 0 Å². The SMILES string of the molecule is CC(C)[C@H](C)[C@@H](O)[C@H](O)[C@@H](C)[C@H]1CC[C@H]2[C@@H]3CC(=O)[C@H]4C[C@H](O)[C@H](O[C@@H]5O[C@H](CO)[C@@H](O)[C@H](O)[C@H]5O)C[C@]4(C)[C@H]3CC[C@]12C. The molecule has 5 fully saturated rings. The number of aliphatic hydroxyl groups excluding tert-OH is 7. The summed E-state index contributed by atoms with van der Waals surface area (Å²) in [6, 6.07) is 0. The van der Waals surface area contributed by atoms with Gasteiger partial charge in [0.25, 0.3) is 0 Å². The lowest BCUT2D eigenvalue weighted by molar-refractivity contribution is -0.324. The van der Waals surface area contributed by atoms with Gasteiger partial charge in [0.15, 0.2) is 6.29 Å². The number of ketones is 1. The van der Waals surface area contributed by atoms with E-state index in [1.807, 2.05) is 6.92 Å². The summed E-state index contributed by atoms with van der Waals surface area (Å²) < 4.78 is 11.7. The minimum absolute atomic E-state index is 0.0131. The van der Waals surface area contributed by atoms with Crippen molar-refractivity contribution in [3.63, 3.8) is 0 Å². The topological polar surface area (TPSA) is 177 Å². The first-order valence-corrected chi connectivity index (χ1v) is 17.1. The predicted octanol–water partition coefficient (Wildman–Crippen LogP) is 1.63. The van der Waals surface area contributed by atoms with Gasteiger partial charge >= 0.3 is 0 Å². The van der Waals surface area contributed by atoms with E-state index < -0.39 is 67.1 Å². The highest BCUT2D eigenvalue weighted by Crippen LogP contribution is 2.68. The van der Waals surface area contributed by atoms with E-state index in [1.165, 1.54) is 0 Å². The maximum atomic E-state index is 13.8. The molecule has 1 saturated heterocycles. The van der Waals surface area contributed by atoms with Gasteiger partial charge in [0.05, 0.1) is 31.0 Å². The van der Waals surface area contributed by atoms with Crippen LogP contribution in [0.25, 0.3) is 0 Å². The third-order valence-electron chi connectivity index (χ3n) is 13.8. The van der Waals surface area contributed by atoms with Crippen molar-refractivity contribution in [2.45, 2.75) is 142 Å². The highest BCUT2D eigenvalue weighted by atomic mass is 16.7. The molecule has 5 aliphatic rings. The smallest absolute Gasteiger partial charge is 0.187 e. The van der Waals surface area contributed by atoms with Crippen molar-refractivity contribution >= 4 is 5.78 Å². The van der Waals surface area contributed by atoms with Crippen molar-refractivity contribution in [3.05, 3.63) is 0 Å². The number of ether oxygens (including phenoxy) is 2. The van der Waals surface area contributed by atoms with Gasteiger partial charge in [-0.05, 0) is 90.8 Å². The Hall–Kier alpha value is -0.690. The minimum atomic E-state index is -1.57. The van der Waals surface area contributed by atoms with E-state index in [0.717, 1.165) is 25.7 Å². The number of carbonyl (C=O) groups is 1. The highest BCUT2D eigenvalue weighted by Gasteiger charge is 2.64. The number of hydrogen-bond acceptors (Lipinski definition) is 10. The Morgan fingerprint density at radius 1 is 0.909 bits per heavy atom. The van der Waals surface area contributed by atoms with Crippen LogP contribution in [0.5, 0.6) is 0 Å². The maximum Gasteiger partial charge on any atom is 0.187 e. The van der Waals surface area contributed by atoms with Crippen LogP contribution in [0.4, 0.5) is 0 Å². The molecular weight excluding hydrogens is 568 g/mol. The summed E-state index contributed by atoms with van der Waals surface area (Å²) in [6.45, 7) is 12.1. The fourth-order valence-corrected chi connectivity index (χ4v) is 10.7. The van der Waals surface area contributed by atoms with Crippen molar-refractivity contribution in [3.8, 4) is 0 Å². The van der Waals surface area contributed by atoms with Crippen LogP contribution in [0.1, 0.15) is 86.5 Å². The zero-order valence-corrected chi connectivity index (χ0v) is 27.3. The van der Waals surface area contributed by atoms with Gasteiger partial charge in [-0.2, -0.15) is 0 Å². The molecular formula is C34H58O10. The van der Waals surface area contributed by atoms with Crippen LogP contribution in [0, 0.1) is 58.2 Å². The highest BCUT2D eigenvalue weighted by molar-refractivity contribution is 5.83. The Kier molecular flexibility index (Phi) is 10.0. The first-order valence-electron chi connectivity index (χ1n) is 17.1. The quantitative estimate of drug-likeness (QED) is 0.196. The van der Waals surface area contributed by atoms with Gasteiger partial charge in [0, 0.05) is 12.3 Å². The molecule has 10 nitrogen and oxygen atoms in total. The lowest BCUT2D eigenvalue weighted by Gasteiger charge is -2.61. The summed E-state index contributed by atoms with van der Waals surface area (Å²) >= 11 is 0. The molecule has 0 bridgehead atoms. The summed E-state index contributed by atoms with van der Waals surface area (Å²) in [6.07, 6.45) is -5.42. The fourth-order valence-electron chi connectivity index (χ4n) is 10.7. The van der Waals surface area contributed by atoms with Crippen LogP contribution in [0.3, 0.4) is 0 Å². The molecule has 44 heavy (non-hydrogen) atoms. The summed E-state index contributed by atoms with van der Waals surface area (Å²) in [4.78, 5) is 13.8. The average molecular weight is 627 g/mol. The van der Waals surface area contributed by atoms with E-state index in [4.69, 9.17) is 9.47 Å². The predicted molar refractivity (Wildman–Crippen MR) is 161 cm³/mol. The second-order valence-corrected chi connectivity index (χ2v) is 16.2. The van der Waals surface area contributed by atoms with Crippen molar-refractivity contribution in [2.24, 2.45) is 58.2 Å². The molecule has 5 rings (SSSR count). The number of aliphatic hydroxyl groups is 7. The number of Topliss-reactive ketones (excluding diaryl/α,β-unsaturated/α-hetero) is 1. The third-order valence-corrected chi connectivity index (χ3v) is 13.8. The molecule has 18 atom stereocenters. The molecule has 0 unspecified atom stereocenters. The average Bonchev–Trinajstić information content (AvgIpc) is 3.34. The van der Waals surface area contributed by atoms with Crippen LogP contribution in [0.15, 0.2) is 0 Å². The first-order chi connectivity index (χ1) is 20.6. The molecule has 0 aromatic rings. The van der Waals surface area contributed by atoms with Crippen LogP contribution < -0.4 is 0 Å². The number of fused-ring (bicyclic) bond motifs is 5. The molecule has 1 heterocycles. The van der Waals surface area contributed by atoms with Gasteiger partial charge in [-0.25, -0.2) is 0 Å². The van der Waals surface area contributed by atoms with E-state index in [1.54, 1.807) is 0 Å². The van der Waals surface area contributed by atoms with Gasteiger partial charge in [-0.15, -0.1) is 0 Å². The molecule has 4 saturated carbocycles. The molecule has 0 aromatic heterocycles. The Balaban J connectivity index is 1.34. The van der Waals surface area contributed by atoms with Gasteiger partial charge in [0.1, 0.15) is 30.2 Å². The molecule has 4 aliphatic carbocycles. The maximum absolute atomic E-state index is 13.8. The molecule has 10 heteroatoms.